The molecule has 1 aromatic heterocycles. The molecule has 1 atom stereocenters. The summed E-state index contributed by atoms with van der Waals surface area (Å²) in [5, 5.41) is 1.44. The molecule has 0 aromatic carbocycles. The Labute approximate surface area is 107 Å². The lowest BCUT2D eigenvalue weighted by molar-refractivity contribution is -0.0631. The number of ether oxygens (including phenoxy) is 1. The Bertz CT molecular complexity index is 400. The van der Waals surface area contributed by atoms with E-state index in [1.54, 1.807) is 18.0 Å². The molecule has 94 valence electrons. The molecule has 0 saturated carbocycles. The maximum Gasteiger partial charge on any atom is 0.0965 e. The van der Waals surface area contributed by atoms with Gasteiger partial charge < -0.3 is 10.5 Å². The number of pyridine rings is 1. The minimum atomic E-state index is -0.114. The summed E-state index contributed by atoms with van der Waals surface area (Å²) in [6.07, 6.45) is 2.74. The van der Waals surface area contributed by atoms with E-state index in [4.69, 9.17) is 10.5 Å². The first-order chi connectivity index (χ1) is 7.78. The van der Waals surface area contributed by atoms with Crippen LogP contribution in [0, 0.1) is 0 Å². The molecule has 0 bridgehead atoms. The monoisotopic (exact) mass is 252 g/mol. The molecule has 2 N–H and O–H groups in total. The first kappa shape index (κ1) is 12.7. The highest BCUT2D eigenvalue weighted by molar-refractivity contribution is 8.00. The van der Waals surface area contributed by atoms with Crippen molar-refractivity contribution in [2.45, 2.75) is 55.6 Å². The minimum Gasteiger partial charge on any atom is -0.397 e. The number of rotatable bonds is 2. The van der Waals surface area contributed by atoms with Crippen molar-refractivity contribution in [3.8, 4) is 0 Å². The quantitative estimate of drug-likeness (QED) is 0.878. The summed E-state index contributed by atoms with van der Waals surface area (Å²) in [7, 11) is 0. The molecule has 1 aliphatic rings. The summed E-state index contributed by atoms with van der Waals surface area (Å²) < 4.78 is 6.07. The Hall–Kier alpha value is -0.740. The van der Waals surface area contributed by atoms with Gasteiger partial charge in [0, 0.05) is 5.25 Å². The molecule has 1 unspecified atom stereocenters. The highest BCUT2D eigenvalue weighted by Gasteiger charge is 2.46. The lowest BCUT2D eigenvalue weighted by Gasteiger charge is -2.26. The van der Waals surface area contributed by atoms with Gasteiger partial charge in [0.2, 0.25) is 0 Å². The molecule has 4 heteroatoms. The van der Waals surface area contributed by atoms with Crippen molar-refractivity contribution < 1.29 is 4.74 Å². The number of thioether (sulfide) groups is 1. The number of aromatic nitrogens is 1. The average molecular weight is 252 g/mol. The highest BCUT2D eigenvalue weighted by atomic mass is 32.2. The van der Waals surface area contributed by atoms with Crippen LogP contribution in [0.15, 0.2) is 23.4 Å². The molecule has 0 amide bonds. The molecule has 1 saturated heterocycles. The van der Waals surface area contributed by atoms with Gasteiger partial charge in [-0.3, -0.25) is 0 Å². The SMILES string of the molecule is CC1(C)CC(Sc2ccc(N)cn2)C(C)(C)O1. The van der Waals surface area contributed by atoms with Crippen LogP contribution in [0.2, 0.25) is 0 Å². The lowest BCUT2D eigenvalue weighted by Crippen LogP contribution is -2.30. The Kier molecular flexibility index (Phi) is 3.12. The summed E-state index contributed by atoms with van der Waals surface area (Å²) in [4.78, 5) is 4.34. The zero-order valence-corrected chi connectivity index (χ0v) is 11.7. The standard InChI is InChI=1S/C13H20N2OS/c1-12(2)7-10(13(3,4)16-12)17-11-6-5-9(14)8-15-11/h5-6,8,10H,7,14H2,1-4H3. The van der Waals surface area contributed by atoms with Crippen molar-refractivity contribution in [1.82, 2.24) is 4.98 Å². The van der Waals surface area contributed by atoms with Gasteiger partial charge in [0.05, 0.1) is 28.1 Å². The van der Waals surface area contributed by atoms with E-state index < -0.39 is 0 Å². The van der Waals surface area contributed by atoms with Crippen LogP contribution in [0.5, 0.6) is 0 Å². The van der Waals surface area contributed by atoms with Crippen molar-refractivity contribution in [2.75, 3.05) is 5.73 Å². The fourth-order valence-corrected chi connectivity index (χ4v) is 3.67. The molecule has 3 nitrogen and oxygen atoms in total. The summed E-state index contributed by atoms with van der Waals surface area (Å²) >= 11 is 1.78. The van der Waals surface area contributed by atoms with Crippen LogP contribution in [0.3, 0.4) is 0 Å². The molecule has 0 spiro atoms. The van der Waals surface area contributed by atoms with Gasteiger partial charge in [0.15, 0.2) is 0 Å². The molecule has 17 heavy (non-hydrogen) atoms. The van der Waals surface area contributed by atoms with Crippen LogP contribution < -0.4 is 5.73 Å². The number of hydrogen-bond donors (Lipinski definition) is 1. The lowest BCUT2D eigenvalue weighted by atomic mass is 10.0. The van der Waals surface area contributed by atoms with Crippen molar-refractivity contribution in [2.24, 2.45) is 0 Å². The van der Waals surface area contributed by atoms with Gasteiger partial charge in [-0.05, 0) is 46.2 Å². The topological polar surface area (TPSA) is 48.1 Å². The maximum absolute atomic E-state index is 6.07. The fraction of sp³-hybridized carbons (Fsp3) is 0.615. The molecule has 0 radical (unpaired) electrons. The fourth-order valence-electron chi connectivity index (χ4n) is 2.30. The molecule has 1 fully saturated rings. The van der Waals surface area contributed by atoms with Gasteiger partial charge in [0.1, 0.15) is 0 Å². The summed E-state index contributed by atoms with van der Waals surface area (Å²) in [5.74, 6) is 0. The van der Waals surface area contributed by atoms with Crippen molar-refractivity contribution in [3.05, 3.63) is 18.3 Å². The largest absolute Gasteiger partial charge is 0.397 e. The molecule has 1 aromatic rings. The summed E-state index contributed by atoms with van der Waals surface area (Å²) in [6, 6.07) is 3.87. The van der Waals surface area contributed by atoms with Gasteiger partial charge in [-0.1, -0.05) is 11.8 Å². The number of anilines is 1. The van der Waals surface area contributed by atoms with Gasteiger partial charge in [-0.25, -0.2) is 4.98 Å². The zero-order valence-electron chi connectivity index (χ0n) is 10.9. The summed E-state index contributed by atoms with van der Waals surface area (Å²) in [6.45, 7) is 8.59. The summed E-state index contributed by atoms with van der Waals surface area (Å²) in [5.41, 5.74) is 6.18. The number of nitrogen functional groups attached to an aromatic ring is 1. The highest BCUT2D eigenvalue weighted by Crippen LogP contribution is 2.45. The van der Waals surface area contributed by atoms with Gasteiger partial charge in [0.25, 0.3) is 0 Å². The predicted molar refractivity (Wildman–Crippen MR) is 72.2 cm³/mol. The zero-order chi connectivity index (χ0) is 12.7. The normalized spacial score (nSPS) is 26.0. The smallest absolute Gasteiger partial charge is 0.0965 e. The maximum atomic E-state index is 6.07. The van der Waals surface area contributed by atoms with E-state index in [-0.39, 0.29) is 11.2 Å². The second-order valence-corrected chi connectivity index (χ2v) is 6.93. The molecule has 2 heterocycles. The second kappa shape index (κ2) is 4.18. The number of nitrogens with two attached hydrogens (primary N) is 1. The van der Waals surface area contributed by atoms with Crippen molar-refractivity contribution >= 4 is 17.4 Å². The van der Waals surface area contributed by atoms with Crippen LogP contribution >= 0.6 is 11.8 Å². The first-order valence-electron chi connectivity index (χ1n) is 5.87. The Balaban J connectivity index is 2.11. The van der Waals surface area contributed by atoms with E-state index in [0.717, 1.165) is 11.4 Å². The Morgan fingerprint density at radius 3 is 2.53 bits per heavy atom. The van der Waals surface area contributed by atoms with E-state index in [0.29, 0.717) is 10.9 Å². The van der Waals surface area contributed by atoms with Crippen LogP contribution in [0.1, 0.15) is 34.1 Å². The van der Waals surface area contributed by atoms with E-state index in [9.17, 15) is 0 Å². The molecule has 2 rings (SSSR count). The predicted octanol–water partition coefficient (Wildman–Crippen LogP) is 3.10. The second-order valence-electron chi connectivity index (χ2n) is 5.71. The van der Waals surface area contributed by atoms with Crippen molar-refractivity contribution in [1.29, 1.82) is 0 Å². The van der Waals surface area contributed by atoms with Gasteiger partial charge in [-0.2, -0.15) is 0 Å². The molecule has 0 aliphatic carbocycles. The van der Waals surface area contributed by atoms with E-state index in [1.165, 1.54) is 0 Å². The third kappa shape index (κ3) is 2.93. The van der Waals surface area contributed by atoms with E-state index >= 15 is 0 Å². The Morgan fingerprint density at radius 1 is 1.35 bits per heavy atom. The van der Waals surface area contributed by atoms with Gasteiger partial charge in [-0.15, -0.1) is 0 Å². The molecular weight excluding hydrogens is 232 g/mol. The molecule has 1 aliphatic heterocycles. The van der Waals surface area contributed by atoms with E-state index in [2.05, 4.69) is 32.7 Å². The van der Waals surface area contributed by atoms with Crippen LogP contribution in [0.4, 0.5) is 5.69 Å². The van der Waals surface area contributed by atoms with Crippen molar-refractivity contribution in [3.63, 3.8) is 0 Å². The van der Waals surface area contributed by atoms with E-state index in [1.807, 2.05) is 12.1 Å². The third-order valence-electron chi connectivity index (χ3n) is 3.01. The van der Waals surface area contributed by atoms with Crippen LogP contribution in [-0.2, 0) is 4.74 Å². The average Bonchev–Trinajstić information content (AvgIpc) is 2.38. The number of nitrogens with zero attached hydrogens (tertiary/aromatic N) is 1. The molecular formula is C13H20N2OS. The van der Waals surface area contributed by atoms with Crippen LogP contribution in [-0.4, -0.2) is 21.4 Å². The number of hydrogen-bond acceptors (Lipinski definition) is 4. The third-order valence-corrected chi connectivity index (χ3v) is 4.52. The van der Waals surface area contributed by atoms with Crippen LogP contribution in [0.25, 0.3) is 0 Å². The minimum absolute atomic E-state index is 0.0467. The van der Waals surface area contributed by atoms with Gasteiger partial charge >= 0.3 is 0 Å². The Morgan fingerprint density at radius 2 is 2.06 bits per heavy atom. The first-order valence-corrected chi connectivity index (χ1v) is 6.75.